The number of benzene rings is 1. The van der Waals surface area contributed by atoms with Crippen molar-refractivity contribution >= 4 is 5.97 Å². The smallest absolute Gasteiger partial charge is 0.302 e. The second-order valence-corrected chi connectivity index (χ2v) is 3.76. The molecule has 0 heterocycles. The first-order chi connectivity index (χ1) is 8.68. The predicted molar refractivity (Wildman–Crippen MR) is 65.6 cm³/mol. The quantitative estimate of drug-likeness (QED) is 0.565. The summed E-state index contributed by atoms with van der Waals surface area (Å²) in [6.07, 6.45) is 0. The highest BCUT2D eigenvalue weighted by atomic mass is 19.1. The van der Waals surface area contributed by atoms with Crippen molar-refractivity contribution in [3.63, 3.8) is 0 Å². The van der Waals surface area contributed by atoms with Gasteiger partial charge in [0.15, 0.2) is 0 Å². The fourth-order valence-electron chi connectivity index (χ4n) is 1.37. The van der Waals surface area contributed by atoms with E-state index in [1.807, 2.05) is 6.07 Å². The Balaban J connectivity index is 1.97. The summed E-state index contributed by atoms with van der Waals surface area (Å²) in [6, 6.07) is 6.45. The second-order valence-electron chi connectivity index (χ2n) is 3.76. The number of rotatable bonds is 8. The van der Waals surface area contributed by atoms with Gasteiger partial charge in [-0.05, 0) is 17.7 Å². The van der Waals surface area contributed by atoms with E-state index in [1.54, 1.807) is 6.07 Å². The molecular weight excluding hydrogens is 237 g/mol. The van der Waals surface area contributed by atoms with Crippen molar-refractivity contribution < 1.29 is 18.7 Å². The summed E-state index contributed by atoms with van der Waals surface area (Å²) >= 11 is 0. The number of carbonyl (C=O) groups excluding carboxylic acids is 1. The van der Waals surface area contributed by atoms with E-state index in [2.05, 4.69) is 5.32 Å². The SMILES string of the molecule is CC(=O)OCCOCCNCc1cccc(F)c1. The molecule has 0 spiro atoms. The Kier molecular flexibility index (Phi) is 6.98. The number of carbonyl (C=O) groups is 1. The maximum Gasteiger partial charge on any atom is 0.302 e. The summed E-state index contributed by atoms with van der Waals surface area (Å²) < 4.78 is 22.8. The maximum absolute atomic E-state index is 12.9. The van der Waals surface area contributed by atoms with Gasteiger partial charge in [0.25, 0.3) is 0 Å². The number of ether oxygens (including phenoxy) is 2. The zero-order valence-electron chi connectivity index (χ0n) is 10.4. The zero-order valence-corrected chi connectivity index (χ0v) is 10.4. The topological polar surface area (TPSA) is 47.6 Å². The van der Waals surface area contributed by atoms with E-state index in [9.17, 15) is 9.18 Å². The van der Waals surface area contributed by atoms with Crippen LogP contribution in [0.25, 0.3) is 0 Å². The lowest BCUT2D eigenvalue weighted by Gasteiger charge is -2.06. The lowest BCUT2D eigenvalue weighted by molar-refractivity contribution is -0.142. The highest BCUT2D eigenvalue weighted by molar-refractivity contribution is 5.65. The zero-order chi connectivity index (χ0) is 13.2. The van der Waals surface area contributed by atoms with Crippen LogP contribution in [0.1, 0.15) is 12.5 Å². The Hall–Kier alpha value is -1.46. The molecule has 1 N–H and O–H groups in total. The van der Waals surface area contributed by atoms with Crippen molar-refractivity contribution in [2.24, 2.45) is 0 Å². The Labute approximate surface area is 106 Å². The van der Waals surface area contributed by atoms with Crippen molar-refractivity contribution in [1.82, 2.24) is 5.32 Å². The van der Waals surface area contributed by atoms with Crippen molar-refractivity contribution in [2.45, 2.75) is 13.5 Å². The Bertz CT molecular complexity index is 371. The van der Waals surface area contributed by atoms with Gasteiger partial charge in [-0.15, -0.1) is 0 Å². The van der Waals surface area contributed by atoms with E-state index < -0.39 is 0 Å². The number of hydrogen-bond donors (Lipinski definition) is 1. The Morgan fingerprint density at radius 2 is 2.17 bits per heavy atom. The van der Waals surface area contributed by atoms with Crippen molar-refractivity contribution in [1.29, 1.82) is 0 Å². The molecule has 0 radical (unpaired) electrons. The molecule has 0 amide bonds. The molecule has 0 unspecified atom stereocenters. The maximum atomic E-state index is 12.9. The largest absolute Gasteiger partial charge is 0.463 e. The van der Waals surface area contributed by atoms with Gasteiger partial charge in [-0.3, -0.25) is 4.79 Å². The molecule has 0 saturated heterocycles. The number of halogens is 1. The molecule has 1 aromatic carbocycles. The Morgan fingerprint density at radius 3 is 2.89 bits per heavy atom. The van der Waals surface area contributed by atoms with Gasteiger partial charge in [-0.1, -0.05) is 12.1 Å². The summed E-state index contributed by atoms with van der Waals surface area (Å²) in [5.74, 6) is -0.533. The average molecular weight is 255 g/mol. The van der Waals surface area contributed by atoms with Crippen LogP contribution in [0.2, 0.25) is 0 Å². The van der Waals surface area contributed by atoms with Gasteiger partial charge in [0.05, 0.1) is 13.2 Å². The van der Waals surface area contributed by atoms with Crippen molar-refractivity contribution in [2.75, 3.05) is 26.4 Å². The second kappa shape index (κ2) is 8.60. The third-order valence-electron chi connectivity index (χ3n) is 2.17. The highest BCUT2D eigenvalue weighted by Crippen LogP contribution is 2.02. The van der Waals surface area contributed by atoms with Crippen LogP contribution in [0, 0.1) is 5.82 Å². The molecule has 0 saturated carbocycles. The summed E-state index contributed by atoms with van der Waals surface area (Å²) in [6.45, 7) is 3.82. The molecule has 0 aliphatic carbocycles. The molecule has 0 bridgehead atoms. The third kappa shape index (κ3) is 6.98. The van der Waals surface area contributed by atoms with E-state index >= 15 is 0 Å². The molecule has 1 aromatic rings. The van der Waals surface area contributed by atoms with Gasteiger partial charge in [0.1, 0.15) is 12.4 Å². The standard InChI is InChI=1S/C13H18FNO3/c1-11(16)18-8-7-17-6-5-15-10-12-3-2-4-13(14)9-12/h2-4,9,15H,5-8,10H2,1H3. The first kappa shape index (κ1) is 14.6. The Morgan fingerprint density at radius 1 is 1.33 bits per heavy atom. The number of nitrogens with one attached hydrogen (secondary N) is 1. The minimum Gasteiger partial charge on any atom is -0.463 e. The van der Waals surface area contributed by atoms with E-state index in [4.69, 9.17) is 9.47 Å². The van der Waals surface area contributed by atoms with Crippen LogP contribution in [-0.4, -0.2) is 32.3 Å². The van der Waals surface area contributed by atoms with Crippen molar-refractivity contribution in [3.8, 4) is 0 Å². The predicted octanol–water partition coefficient (Wildman–Crippen LogP) is 1.49. The fraction of sp³-hybridized carbons (Fsp3) is 0.462. The molecule has 100 valence electrons. The van der Waals surface area contributed by atoms with Gasteiger partial charge in [0.2, 0.25) is 0 Å². The van der Waals surface area contributed by atoms with Gasteiger partial charge >= 0.3 is 5.97 Å². The van der Waals surface area contributed by atoms with Crippen LogP contribution >= 0.6 is 0 Å². The fourth-order valence-corrected chi connectivity index (χ4v) is 1.37. The molecule has 0 aliphatic rings. The van der Waals surface area contributed by atoms with Gasteiger partial charge in [0, 0.05) is 20.0 Å². The monoisotopic (exact) mass is 255 g/mol. The average Bonchev–Trinajstić information content (AvgIpc) is 2.32. The third-order valence-corrected chi connectivity index (χ3v) is 2.17. The van der Waals surface area contributed by atoms with E-state index in [0.29, 0.717) is 26.3 Å². The summed E-state index contributed by atoms with van der Waals surface area (Å²) in [5, 5.41) is 3.13. The minimum absolute atomic E-state index is 0.230. The first-order valence-electron chi connectivity index (χ1n) is 5.85. The van der Waals surface area contributed by atoms with Crippen LogP contribution in [0.3, 0.4) is 0 Å². The van der Waals surface area contributed by atoms with E-state index in [-0.39, 0.29) is 18.4 Å². The van der Waals surface area contributed by atoms with Gasteiger partial charge < -0.3 is 14.8 Å². The molecule has 0 fully saturated rings. The molecule has 1 rings (SSSR count). The normalized spacial score (nSPS) is 10.3. The highest BCUT2D eigenvalue weighted by Gasteiger charge is 1.95. The van der Waals surface area contributed by atoms with Gasteiger partial charge in [-0.2, -0.15) is 0 Å². The molecule has 0 atom stereocenters. The first-order valence-corrected chi connectivity index (χ1v) is 5.85. The summed E-state index contributed by atoms with van der Waals surface area (Å²) in [5.41, 5.74) is 0.898. The molecule has 18 heavy (non-hydrogen) atoms. The lowest BCUT2D eigenvalue weighted by Crippen LogP contribution is -2.20. The number of esters is 1. The van der Waals surface area contributed by atoms with Crippen molar-refractivity contribution in [3.05, 3.63) is 35.6 Å². The lowest BCUT2D eigenvalue weighted by atomic mass is 10.2. The molecule has 0 aliphatic heterocycles. The van der Waals surface area contributed by atoms with Crippen LogP contribution < -0.4 is 5.32 Å². The van der Waals surface area contributed by atoms with Gasteiger partial charge in [-0.25, -0.2) is 4.39 Å². The summed E-state index contributed by atoms with van der Waals surface area (Å²) in [7, 11) is 0. The van der Waals surface area contributed by atoms with Crippen LogP contribution in [0.4, 0.5) is 4.39 Å². The number of hydrogen-bond acceptors (Lipinski definition) is 4. The van der Waals surface area contributed by atoms with Crippen LogP contribution in [-0.2, 0) is 20.8 Å². The minimum atomic E-state index is -0.303. The molecule has 5 heteroatoms. The van der Waals surface area contributed by atoms with E-state index in [1.165, 1.54) is 19.1 Å². The van der Waals surface area contributed by atoms with E-state index in [0.717, 1.165) is 5.56 Å². The molecule has 0 aromatic heterocycles. The van der Waals surface area contributed by atoms with Crippen LogP contribution in [0.5, 0.6) is 0 Å². The summed E-state index contributed by atoms with van der Waals surface area (Å²) in [4.78, 5) is 10.4. The molecular formula is C13H18FNO3. The molecule has 4 nitrogen and oxygen atoms in total. The van der Waals surface area contributed by atoms with Crippen LogP contribution in [0.15, 0.2) is 24.3 Å².